The van der Waals surface area contributed by atoms with Gasteiger partial charge in [-0.3, -0.25) is 9.69 Å². The van der Waals surface area contributed by atoms with Crippen molar-refractivity contribution >= 4 is 22.8 Å². The molecular formula is C23H25N3O4. The fourth-order valence-electron chi connectivity index (χ4n) is 4.15. The van der Waals surface area contributed by atoms with Gasteiger partial charge in [0, 0.05) is 55.4 Å². The number of hydrogen-bond acceptors (Lipinski definition) is 4. The van der Waals surface area contributed by atoms with Crippen LogP contribution in [-0.2, 0) is 11.3 Å². The van der Waals surface area contributed by atoms with E-state index in [0.717, 1.165) is 24.2 Å². The van der Waals surface area contributed by atoms with Crippen molar-refractivity contribution in [1.29, 1.82) is 0 Å². The minimum atomic E-state index is -1.02. The summed E-state index contributed by atoms with van der Waals surface area (Å²) in [7, 11) is 2.03. The Balaban J connectivity index is 1.82. The Hall–Kier alpha value is -3.16. The van der Waals surface area contributed by atoms with E-state index in [1.807, 2.05) is 53.0 Å². The van der Waals surface area contributed by atoms with Gasteiger partial charge in [-0.2, -0.15) is 0 Å². The number of nitrogens with zero attached hydrogens (tertiary/aromatic N) is 3. The van der Waals surface area contributed by atoms with Crippen molar-refractivity contribution in [2.24, 2.45) is 0 Å². The van der Waals surface area contributed by atoms with Crippen LogP contribution in [0.4, 0.5) is 0 Å². The van der Waals surface area contributed by atoms with Gasteiger partial charge in [-0.05, 0) is 30.8 Å². The third kappa shape index (κ3) is 3.94. The highest BCUT2D eigenvalue weighted by atomic mass is 16.4. The van der Waals surface area contributed by atoms with Gasteiger partial charge >= 0.3 is 11.9 Å². The molecule has 2 heterocycles. The lowest BCUT2D eigenvalue weighted by Gasteiger charge is -2.36. The first-order chi connectivity index (χ1) is 14.4. The van der Waals surface area contributed by atoms with Gasteiger partial charge in [0.25, 0.3) is 0 Å². The summed E-state index contributed by atoms with van der Waals surface area (Å²) in [5.74, 6) is -1.94. The third-order valence-corrected chi connectivity index (χ3v) is 5.79. The van der Waals surface area contributed by atoms with E-state index >= 15 is 0 Å². The number of benzene rings is 2. The number of fused-ring (bicyclic) bond motifs is 1. The molecule has 1 aliphatic rings. The zero-order valence-corrected chi connectivity index (χ0v) is 16.9. The van der Waals surface area contributed by atoms with Crippen molar-refractivity contribution < 1.29 is 19.8 Å². The van der Waals surface area contributed by atoms with Gasteiger partial charge in [-0.15, -0.1) is 0 Å². The van der Waals surface area contributed by atoms with Crippen LogP contribution in [0.2, 0.25) is 0 Å². The average Bonchev–Trinajstić information content (AvgIpc) is 3.07. The summed E-state index contributed by atoms with van der Waals surface area (Å²) >= 11 is 0. The van der Waals surface area contributed by atoms with Crippen molar-refractivity contribution in [3.8, 4) is 0 Å². The number of aromatic carboxylic acids is 1. The Morgan fingerprint density at radius 3 is 2.33 bits per heavy atom. The van der Waals surface area contributed by atoms with Gasteiger partial charge in [0.2, 0.25) is 0 Å². The van der Waals surface area contributed by atoms with Crippen molar-refractivity contribution in [1.82, 2.24) is 14.4 Å². The molecule has 0 unspecified atom stereocenters. The molecule has 0 saturated carbocycles. The Bertz CT molecular complexity index is 1070. The molecule has 0 amide bonds. The van der Waals surface area contributed by atoms with Crippen LogP contribution in [0.1, 0.15) is 27.5 Å². The second kappa shape index (κ2) is 8.30. The number of carboxylic acid groups (broad SMARTS) is 2. The van der Waals surface area contributed by atoms with Gasteiger partial charge in [-0.25, -0.2) is 4.79 Å². The van der Waals surface area contributed by atoms with Crippen LogP contribution in [0.3, 0.4) is 0 Å². The van der Waals surface area contributed by atoms with Gasteiger partial charge in [0.1, 0.15) is 6.04 Å². The Morgan fingerprint density at radius 2 is 1.70 bits per heavy atom. The normalized spacial score (nSPS) is 16.6. The average molecular weight is 407 g/mol. The summed E-state index contributed by atoms with van der Waals surface area (Å²) in [4.78, 5) is 28.0. The van der Waals surface area contributed by atoms with E-state index in [-0.39, 0.29) is 5.56 Å². The smallest absolute Gasteiger partial charge is 0.335 e. The molecule has 1 fully saturated rings. The highest BCUT2D eigenvalue weighted by Crippen LogP contribution is 2.32. The molecule has 2 aromatic carbocycles. The number of aromatic nitrogens is 1. The standard InChI is InChI=1S/C23H25N3O4/c1-24-9-11-25(12-10-24)21(23(29)30)19-15-26(14-16-5-3-2-4-6-16)20-8-7-17(22(27)28)13-18(19)20/h2-8,13,15,21H,9-12,14H2,1H3,(H,27,28)(H,29,30)/t21-/m0/s1. The topological polar surface area (TPSA) is 86.0 Å². The lowest BCUT2D eigenvalue weighted by molar-refractivity contribution is -0.144. The number of hydrogen-bond donors (Lipinski definition) is 2. The van der Waals surface area contributed by atoms with E-state index in [0.29, 0.717) is 30.6 Å². The van der Waals surface area contributed by atoms with E-state index in [4.69, 9.17) is 0 Å². The fourth-order valence-corrected chi connectivity index (χ4v) is 4.15. The maximum absolute atomic E-state index is 12.3. The molecule has 3 aromatic rings. The van der Waals surface area contributed by atoms with Gasteiger partial charge < -0.3 is 19.7 Å². The summed E-state index contributed by atoms with van der Waals surface area (Å²) in [6.07, 6.45) is 1.88. The van der Waals surface area contributed by atoms with Crippen LogP contribution in [0, 0.1) is 0 Å². The van der Waals surface area contributed by atoms with E-state index in [1.165, 1.54) is 0 Å². The number of rotatable bonds is 6. The second-order valence-corrected chi connectivity index (χ2v) is 7.82. The molecule has 30 heavy (non-hydrogen) atoms. The summed E-state index contributed by atoms with van der Waals surface area (Å²) in [5, 5.41) is 20.2. The summed E-state index contributed by atoms with van der Waals surface area (Å²) in [5.41, 5.74) is 2.72. The van der Waals surface area contributed by atoms with E-state index in [1.54, 1.807) is 18.2 Å². The molecule has 1 aromatic heterocycles. The first-order valence-electron chi connectivity index (χ1n) is 9.99. The molecule has 1 atom stereocenters. The molecule has 4 rings (SSSR count). The van der Waals surface area contributed by atoms with Gasteiger partial charge in [-0.1, -0.05) is 30.3 Å². The molecule has 156 valence electrons. The number of likely N-dealkylation sites (N-methyl/N-ethyl adjacent to an activating group) is 1. The second-order valence-electron chi connectivity index (χ2n) is 7.82. The first-order valence-corrected chi connectivity index (χ1v) is 9.99. The lowest BCUT2D eigenvalue weighted by Crippen LogP contribution is -2.47. The van der Waals surface area contributed by atoms with Gasteiger partial charge in [0.15, 0.2) is 0 Å². The number of carboxylic acids is 2. The SMILES string of the molecule is CN1CCN([C@H](C(=O)O)c2cn(Cc3ccccc3)c3ccc(C(=O)O)cc23)CC1. The third-order valence-electron chi connectivity index (χ3n) is 5.79. The first kappa shape index (κ1) is 20.1. The maximum Gasteiger partial charge on any atom is 0.335 e. The zero-order chi connectivity index (χ0) is 21.3. The van der Waals surface area contributed by atoms with Crippen LogP contribution in [0.15, 0.2) is 54.7 Å². The number of piperazine rings is 1. The highest BCUT2D eigenvalue weighted by molar-refractivity contribution is 5.96. The van der Waals surface area contributed by atoms with Crippen LogP contribution >= 0.6 is 0 Å². The molecular weight excluding hydrogens is 382 g/mol. The van der Waals surface area contributed by atoms with Crippen LogP contribution in [-0.4, -0.2) is 69.7 Å². The summed E-state index contributed by atoms with van der Waals surface area (Å²) < 4.78 is 2.01. The van der Waals surface area contributed by atoms with Crippen LogP contribution < -0.4 is 0 Å². The molecule has 0 aliphatic carbocycles. The molecule has 2 N–H and O–H groups in total. The number of aliphatic carboxylic acids is 1. The van der Waals surface area contributed by atoms with Crippen molar-refractivity contribution in [3.63, 3.8) is 0 Å². The molecule has 7 heteroatoms. The largest absolute Gasteiger partial charge is 0.480 e. The minimum absolute atomic E-state index is 0.156. The zero-order valence-electron chi connectivity index (χ0n) is 16.9. The Morgan fingerprint density at radius 1 is 1.00 bits per heavy atom. The molecule has 1 aliphatic heterocycles. The predicted octanol–water partition coefficient (Wildman–Crippen LogP) is 2.76. The van der Waals surface area contributed by atoms with Gasteiger partial charge in [0.05, 0.1) is 5.56 Å². The van der Waals surface area contributed by atoms with Crippen molar-refractivity contribution in [3.05, 3.63) is 71.4 Å². The van der Waals surface area contributed by atoms with Crippen molar-refractivity contribution in [2.45, 2.75) is 12.6 Å². The van der Waals surface area contributed by atoms with E-state index in [2.05, 4.69) is 4.90 Å². The Labute approximate surface area is 174 Å². The molecule has 7 nitrogen and oxygen atoms in total. The monoisotopic (exact) mass is 407 g/mol. The predicted molar refractivity (Wildman–Crippen MR) is 114 cm³/mol. The summed E-state index contributed by atoms with van der Waals surface area (Å²) in [6, 6.07) is 14.1. The maximum atomic E-state index is 12.3. The molecule has 0 spiro atoms. The molecule has 0 radical (unpaired) electrons. The Kier molecular flexibility index (Phi) is 5.57. The van der Waals surface area contributed by atoms with E-state index < -0.39 is 18.0 Å². The highest BCUT2D eigenvalue weighted by Gasteiger charge is 2.32. The molecule has 1 saturated heterocycles. The van der Waals surface area contributed by atoms with Crippen molar-refractivity contribution in [2.75, 3.05) is 33.2 Å². The summed E-state index contributed by atoms with van der Waals surface area (Å²) in [6.45, 7) is 3.48. The minimum Gasteiger partial charge on any atom is -0.480 e. The van der Waals surface area contributed by atoms with Crippen LogP contribution in [0.25, 0.3) is 10.9 Å². The fraction of sp³-hybridized carbons (Fsp3) is 0.304. The quantitative estimate of drug-likeness (QED) is 0.654. The lowest BCUT2D eigenvalue weighted by atomic mass is 10.0. The van der Waals surface area contributed by atoms with E-state index in [9.17, 15) is 19.8 Å². The molecule has 0 bridgehead atoms. The number of carbonyl (C=O) groups is 2. The van der Waals surface area contributed by atoms with Crippen LogP contribution in [0.5, 0.6) is 0 Å².